The van der Waals surface area contributed by atoms with Gasteiger partial charge in [-0.15, -0.1) is 0 Å². The van der Waals surface area contributed by atoms with Gasteiger partial charge in [-0.2, -0.15) is 0 Å². The van der Waals surface area contributed by atoms with Crippen molar-refractivity contribution in [1.82, 2.24) is 5.32 Å². The van der Waals surface area contributed by atoms with Crippen LogP contribution in [0.5, 0.6) is 0 Å². The molecule has 1 atom stereocenters. The molecule has 0 aliphatic heterocycles. The molecule has 2 aromatic carbocycles. The Labute approximate surface area is 127 Å². The summed E-state index contributed by atoms with van der Waals surface area (Å²) in [5, 5.41) is 3.38. The first-order valence-electron chi connectivity index (χ1n) is 7.68. The Balaban J connectivity index is 2.28. The van der Waals surface area contributed by atoms with Crippen molar-refractivity contribution in [2.45, 2.75) is 33.2 Å². The largest absolute Gasteiger partial charge is 0.306 e. The van der Waals surface area contributed by atoms with E-state index < -0.39 is 0 Å². The SMILES string of the molecule is CCNC(c1ccc(CC(C)C)cc1)c1ccccc1F. The second kappa shape index (κ2) is 7.37. The van der Waals surface area contributed by atoms with Gasteiger partial charge in [-0.05, 0) is 36.1 Å². The number of hydrogen-bond acceptors (Lipinski definition) is 1. The van der Waals surface area contributed by atoms with E-state index >= 15 is 0 Å². The van der Waals surface area contributed by atoms with E-state index in [0.717, 1.165) is 18.5 Å². The Bertz CT molecular complexity index is 560. The van der Waals surface area contributed by atoms with Gasteiger partial charge in [-0.25, -0.2) is 4.39 Å². The van der Waals surface area contributed by atoms with E-state index in [1.807, 2.05) is 19.1 Å². The number of halogens is 1. The Kier molecular flexibility index (Phi) is 5.51. The van der Waals surface area contributed by atoms with Gasteiger partial charge < -0.3 is 5.32 Å². The third kappa shape index (κ3) is 4.15. The van der Waals surface area contributed by atoms with E-state index in [2.05, 4.69) is 43.4 Å². The highest BCUT2D eigenvalue weighted by molar-refractivity contribution is 5.34. The molecule has 2 heteroatoms. The summed E-state index contributed by atoms with van der Waals surface area (Å²) in [6.45, 7) is 7.27. The minimum Gasteiger partial charge on any atom is -0.306 e. The first kappa shape index (κ1) is 15.7. The molecule has 0 spiro atoms. The van der Waals surface area contributed by atoms with Gasteiger partial charge in [0, 0.05) is 5.56 Å². The lowest BCUT2D eigenvalue weighted by Crippen LogP contribution is -2.23. The molecule has 2 aromatic rings. The second-order valence-electron chi connectivity index (χ2n) is 5.85. The van der Waals surface area contributed by atoms with Crippen LogP contribution in [-0.4, -0.2) is 6.54 Å². The average Bonchev–Trinajstić information content (AvgIpc) is 2.46. The first-order valence-corrected chi connectivity index (χ1v) is 7.68. The molecule has 0 aliphatic carbocycles. The van der Waals surface area contributed by atoms with Crippen molar-refractivity contribution in [2.75, 3.05) is 6.54 Å². The predicted octanol–water partition coefficient (Wildman–Crippen LogP) is 4.72. The van der Waals surface area contributed by atoms with Crippen LogP contribution in [0.15, 0.2) is 48.5 Å². The van der Waals surface area contributed by atoms with Crippen molar-refractivity contribution < 1.29 is 4.39 Å². The Hall–Kier alpha value is -1.67. The van der Waals surface area contributed by atoms with E-state index in [0.29, 0.717) is 11.5 Å². The van der Waals surface area contributed by atoms with Crippen molar-refractivity contribution in [1.29, 1.82) is 0 Å². The van der Waals surface area contributed by atoms with Gasteiger partial charge in [0.2, 0.25) is 0 Å². The standard InChI is InChI=1S/C19H24FN/c1-4-21-19(17-7-5-6-8-18(17)20)16-11-9-15(10-12-16)13-14(2)3/h5-12,14,19,21H,4,13H2,1-3H3. The summed E-state index contributed by atoms with van der Waals surface area (Å²) in [6, 6.07) is 15.4. The van der Waals surface area contributed by atoms with E-state index in [-0.39, 0.29) is 11.9 Å². The van der Waals surface area contributed by atoms with Crippen molar-refractivity contribution in [3.8, 4) is 0 Å². The van der Waals surface area contributed by atoms with Crippen LogP contribution in [0.2, 0.25) is 0 Å². The van der Waals surface area contributed by atoms with Gasteiger partial charge in [0.05, 0.1) is 6.04 Å². The summed E-state index contributed by atoms with van der Waals surface area (Å²) >= 11 is 0. The second-order valence-corrected chi connectivity index (χ2v) is 5.85. The molecule has 0 aromatic heterocycles. The zero-order chi connectivity index (χ0) is 15.2. The number of benzene rings is 2. The molecule has 2 rings (SSSR count). The highest BCUT2D eigenvalue weighted by Crippen LogP contribution is 2.25. The van der Waals surface area contributed by atoms with Crippen LogP contribution < -0.4 is 5.32 Å². The van der Waals surface area contributed by atoms with Crippen molar-refractivity contribution in [3.05, 3.63) is 71.0 Å². The molecule has 1 nitrogen and oxygen atoms in total. The van der Waals surface area contributed by atoms with Crippen LogP contribution >= 0.6 is 0 Å². The molecular formula is C19H24FN. The van der Waals surface area contributed by atoms with E-state index in [1.165, 1.54) is 11.6 Å². The minimum atomic E-state index is -0.158. The molecule has 0 saturated heterocycles. The molecule has 0 bridgehead atoms. The van der Waals surface area contributed by atoms with Gasteiger partial charge in [0.25, 0.3) is 0 Å². The van der Waals surface area contributed by atoms with Crippen molar-refractivity contribution in [3.63, 3.8) is 0 Å². The number of nitrogens with one attached hydrogen (secondary N) is 1. The zero-order valence-electron chi connectivity index (χ0n) is 13.1. The molecule has 0 amide bonds. The van der Waals surface area contributed by atoms with Crippen molar-refractivity contribution >= 4 is 0 Å². The molecular weight excluding hydrogens is 261 g/mol. The molecule has 0 fully saturated rings. The summed E-state index contributed by atoms with van der Waals surface area (Å²) in [4.78, 5) is 0. The monoisotopic (exact) mass is 285 g/mol. The fraction of sp³-hybridized carbons (Fsp3) is 0.368. The fourth-order valence-electron chi connectivity index (χ4n) is 2.64. The Morgan fingerprint density at radius 2 is 1.67 bits per heavy atom. The van der Waals surface area contributed by atoms with Crippen LogP contribution in [0.1, 0.15) is 43.5 Å². The number of rotatable bonds is 6. The molecule has 112 valence electrons. The molecule has 1 N–H and O–H groups in total. The third-order valence-electron chi connectivity index (χ3n) is 3.58. The fourth-order valence-corrected chi connectivity index (χ4v) is 2.64. The maximum atomic E-state index is 14.1. The van der Waals surface area contributed by atoms with Crippen LogP contribution in [-0.2, 0) is 6.42 Å². The lowest BCUT2D eigenvalue weighted by atomic mass is 9.95. The smallest absolute Gasteiger partial charge is 0.128 e. The molecule has 0 radical (unpaired) electrons. The summed E-state index contributed by atoms with van der Waals surface area (Å²) in [7, 11) is 0. The molecule has 0 heterocycles. The van der Waals surface area contributed by atoms with E-state index in [9.17, 15) is 4.39 Å². The van der Waals surface area contributed by atoms with Crippen LogP contribution in [0.3, 0.4) is 0 Å². The van der Waals surface area contributed by atoms with Gasteiger partial charge in [0.1, 0.15) is 5.82 Å². The van der Waals surface area contributed by atoms with Crippen LogP contribution in [0, 0.1) is 11.7 Å². The molecule has 0 aliphatic rings. The summed E-state index contributed by atoms with van der Waals surface area (Å²) in [5.41, 5.74) is 3.14. The minimum absolute atomic E-state index is 0.0932. The lowest BCUT2D eigenvalue weighted by molar-refractivity contribution is 0.559. The molecule has 1 unspecified atom stereocenters. The lowest BCUT2D eigenvalue weighted by Gasteiger charge is -2.20. The summed E-state index contributed by atoms with van der Waals surface area (Å²) in [5.74, 6) is 0.488. The molecule has 0 saturated carbocycles. The van der Waals surface area contributed by atoms with Crippen LogP contribution in [0.25, 0.3) is 0 Å². The highest BCUT2D eigenvalue weighted by atomic mass is 19.1. The normalized spacial score (nSPS) is 12.6. The highest BCUT2D eigenvalue weighted by Gasteiger charge is 2.16. The maximum Gasteiger partial charge on any atom is 0.128 e. The quantitative estimate of drug-likeness (QED) is 0.809. The molecule has 21 heavy (non-hydrogen) atoms. The van der Waals surface area contributed by atoms with Crippen LogP contribution in [0.4, 0.5) is 4.39 Å². The summed E-state index contributed by atoms with van der Waals surface area (Å²) < 4.78 is 14.1. The van der Waals surface area contributed by atoms with E-state index in [4.69, 9.17) is 0 Å². The topological polar surface area (TPSA) is 12.0 Å². The average molecular weight is 285 g/mol. The van der Waals surface area contributed by atoms with E-state index in [1.54, 1.807) is 6.07 Å². The van der Waals surface area contributed by atoms with Gasteiger partial charge >= 0.3 is 0 Å². The number of hydrogen-bond donors (Lipinski definition) is 1. The first-order chi connectivity index (χ1) is 10.1. The summed E-state index contributed by atoms with van der Waals surface area (Å²) in [6.07, 6.45) is 1.08. The predicted molar refractivity (Wildman–Crippen MR) is 86.9 cm³/mol. The third-order valence-corrected chi connectivity index (χ3v) is 3.58. The Morgan fingerprint density at radius 3 is 2.24 bits per heavy atom. The zero-order valence-corrected chi connectivity index (χ0v) is 13.1. The maximum absolute atomic E-state index is 14.1. The van der Waals surface area contributed by atoms with Gasteiger partial charge in [-0.1, -0.05) is 63.2 Å². The van der Waals surface area contributed by atoms with Crippen molar-refractivity contribution in [2.24, 2.45) is 5.92 Å². The van der Waals surface area contributed by atoms with Gasteiger partial charge in [-0.3, -0.25) is 0 Å². The van der Waals surface area contributed by atoms with Gasteiger partial charge in [0.15, 0.2) is 0 Å². The Morgan fingerprint density at radius 1 is 1.00 bits per heavy atom.